The van der Waals surface area contributed by atoms with Crippen molar-refractivity contribution >= 4 is 5.97 Å². The lowest BCUT2D eigenvalue weighted by molar-refractivity contribution is 0.0681. The second-order valence-electron chi connectivity index (χ2n) is 4.97. The van der Waals surface area contributed by atoms with Gasteiger partial charge in [-0.25, -0.2) is 4.79 Å². The summed E-state index contributed by atoms with van der Waals surface area (Å²) in [6, 6.07) is 9.25. The molecule has 0 atom stereocenters. The number of carboxylic acid groups (broad SMARTS) is 1. The van der Waals surface area contributed by atoms with E-state index in [1.54, 1.807) is 6.07 Å². The number of carboxylic acids is 1. The molecule has 0 aliphatic heterocycles. The van der Waals surface area contributed by atoms with Gasteiger partial charge in [-0.3, -0.25) is 4.68 Å². The van der Waals surface area contributed by atoms with Crippen molar-refractivity contribution in [2.45, 2.75) is 33.4 Å². The molecule has 0 spiro atoms. The lowest BCUT2D eigenvalue weighted by Gasteiger charge is -2.07. The maximum atomic E-state index is 11.2. The quantitative estimate of drug-likeness (QED) is 0.910. The van der Waals surface area contributed by atoms with Gasteiger partial charge in [0.15, 0.2) is 0 Å². The van der Waals surface area contributed by atoms with Crippen LogP contribution in [0.15, 0.2) is 30.3 Å². The van der Waals surface area contributed by atoms with Gasteiger partial charge in [-0.1, -0.05) is 12.1 Å². The molecule has 1 N–H and O–H groups in total. The van der Waals surface area contributed by atoms with Crippen LogP contribution >= 0.6 is 0 Å². The molecule has 0 bridgehead atoms. The summed E-state index contributed by atoms with van der Waals surface area (Å²) in [6.45, 7) is 6.03. The van der Waals surface area contributed by atoms with Crippen LogP contribution in [0.4, 0.5) is 0 Å². The molecule has 1 heterocycles. The molecule has 0 amide bonds. The minimum Gasteiger partial charge on any atom is -0.487 e. The summed E-state index contributed by atoms with van der Waals surface area (Å²) in [5, 5.41) is 13.4. The second kappa shape index (κ2) is 5.77. The van der Waals surface area contributed by atoms with Crippen LogP contribution in [0.5, 0.6) is 5.75 Å². The number of hydrogen-bond acceptors (Lipinski definition) is 3. The Bertz CT molecular complexity index is 617. The Kier molecular flexibility index (Phi) is 4.08. The molecule has 0 saturated heterocycles. The summed E-state index contributed by atoms with van der Waals surface area (Å²) in [4.78, 5) is 11.2. The van der Waals surface area contributed by atoms with Crippen molar-refractivity contribution in [2.24, 2.45) is 0 Å². The summed E-state index contributed by atoms with van der Waals surface area (Å²) < 4.78 is 7.13. The molecule has 0 saturated carbocycles. The van der Waals surface area contributed by atoms with E-state index in [0.717, 1.165) is 11.3 Å². The number of benzene rings is 1. The lowest BCUT2D eigenvalue weighted by atomic mass is 10.2. The number of aromatic nitrogens is 2. The molecule has 0 radical (unpaired) electrons. The standard InChI is InChI=1S/C15H18N2O3/c1-10(2)17-14(15(18)19)8-12(16-17)9-20-13-6-4-5-11(3)7-13/h4-8,10H,9H2,1-3H3,(H,18,19). The highest BCUT2D eigenvalue weighted by atomic mass is 16.5. The van der Waals surface area contributed by atoms with E-state index in [1.165, 1.54) is 4.68 Å². The Morgan fingerprint density at radius 2 is 2.15 bits per heavy atom. The molecule has 1 aromatic heterocycles. The monoisotopic (exact) mass is 274 g/mol. The van der Waals surface area contributed by atoms with E-state index in [1.807, 2.05) is 45.0 Å². The van der Waals surface area contributed by atoms with Gasteiger partial charge in [0.2, 0.25) is 0 Å². The van der Waals surface area contributed by atoms with E-state index < -0.39 is 5.97 Å². The van der Waals surface area contributed by atoms with Gasteiger partial charge in [0.25, 0.3) is 0 Å². The maximum absolute atomic E-state index is 11.2. The van der Waals surface area contributed by atoms with Gasteiger partial charge >= 0.3 is 5.97 Å². The molecule has 2 rings (SSSR count). The van der Waals surface area contributed by atoms with Crippen LogP contribution < -0.4 is 4.74 Å². The van der Waals surface area contributed by atoms with Gasteiger partial charge in [0, 0.05) is 6.04 Å². The van der Waals surface area contributed by atoms with E-state index in [9.17, 15) is 4.79 Å². The van der Waals surface area contributed by atoms with Crippen LogP contribution in [0.2, 0.25) is 0 Å². The van der Waals surface area contributed by atoms with Crippen molar-refractivity contribution in [2.75, 3.05) is 0 Å². The number of aromatic carboxylic acids is 1. The van der Waals surface area contributed by atoms with Crippen LogP contribution in [-0.4, -0.2) is 20.9 Å². The summed E-state index contributed by atoms with van der Waals surface area (Å²) in [5.41, 5.74) is 1.90. The van der Waals surface area contributed by atoms with Crippen molar-refractivity contribution in [3.8, 4) is 5.75 Å². The molecule has 5 heteroatoms. The number of aryl methyl sites for hydroxylation is 1. The van der Waals surface area contributed by atoms with Gasteiger partial charge in [-0.05, 0) is 44.5 Å². The van der Waals surface area contributed by atoms with E-state index in [4.69, 9.17) is 9.84 Å². The summed E-state index contributed by atoms with van der Waals surface area (Å²) in [7, 11) is 0. The number of nitrogens with zero attached hydrogens (tertiary/aromatic N) is 2. The first-order valence-corrected chi connectivity index (χ1v) is 6.48. The van der Waals surface area contributed by atoms with Crippen LogP contribution in [0.1, 0.15) is 41.6 Å². The minimum atomic E-state index is -0.979. The Labute approximate surface area is 117 Å². The topological polar surface area (TPSA) is 64.3 Å². The summed E-state index contributed by atoms with van der Waals surface area (Å²) in [6.07, 6.45) is 0. The van der Waals surface area contributed by atoms with Crippen molar-refractivity contribution in [1.82, 2.24) is 9.78 Å². The highest BCUT2D eigenvalue weighted by molar-refractivity contribution is 5.85. The normalized spacial score (nSPS) is 10.8. The van der Waals surface area contributed by atoms with Gasteiger partial charge in [0.1, 0.15) is 23.7 Å². The third-order valence-electron chi connectivity index (χ3n) is 2.87. The molecular weight excluding hydrogens is 256 g/mol. The molecule has 0 aliphatic rings. The van der Waals surface area contributed by atoms with Gasteiger partial charge < -0.3 is 9.84 Å². The lowest BCUT2D eigenvalue weighted by Crippen LogP contribution is -2.12. The summed E-state index contributed by atoms with van der Waals surface area (Å²) >= 11 is 0. The molecule has 2 aromatic rings. The molecule has 0 unspecified atom stereocenters. The Morgan fingerprint density at radius 3 is 2.70 bits per heavy atom. The molecule has 1 aromatic carbocycles. The minimum absolute atomic E-state index is 0.00572. The third-order valence-corrected chi connectivity index (χ3v) is 2.87. The number of rotatable bonds is 5. The molecule has 0 aliphatic carbocycles. The van der Waals surface area contributed by atoms with Crippen LogP contribution in [0, 0.1) is 6.92 Å². The van der Waals surface area contributed by atoms with E-state index in [-0.39, 0.29) is 18.3 Å². The highest BCUT2D eigenvalue weighted by Crippen LogP contribution is 2.16. The first kappa shape index (κ1) is 14.1. The number of ether oxygens (including phenoxy) is 1. The SMILES string of the molecule is Cc1cccc(OCc2cc(C(=O)O)n(C(C)C)n2)c1. The number of hydrogen-bond donors (Lipinski definition) is 1. The Morgan fingerprint density at radius 1 is 1.40 bits per heavy atom. The third kappa shape index (κ3) is 3.17. The zero-order valence-electron chi connectivity index (χ0n) is 11.8. The van der Waals surface area contributed by atoms with Gasteiger partial charge in [-0.2, -0.15) is 5.10 Å². The smallest absolute Gasteiger partial charge is 0.354 e. The summed E-state index contributed by atoms with van der Waals surface area (Å²) in [5.74, 6) is -0.228. The number of carbonyl (C=O) groups is 1. The van der Waals surface area contributed by atoms with Crippen LogP contribution in [0.25, 0.3) is 0 Å². The maximum Gasteiger partial charge on any atom is 0.354 e. The average molecular weight is 274 g/mol. The van der Waals surface area contributed by atoms with Gasteiger partial charge in [0.05, 0.1) is 0 Å². The fraction of sp³-hybridized carbons (Fsp3) is 0.333. The molecular formula is C15H18N2O3. The predicted octanol–water partition coefficient (Wildman–Crippen LogP) is 3.05. The Balaban J connectivity index is 2.14. The van der Waals surface area contributed by atoms with Crippen molar-refractivity contribution in [1.29, 1.82) is 0 Å². The average Bonchev–Trinajstić information content (AvgIpc) is 2.81. The largest absolute Gasteiger partial charge is 0.487 e. The van der Waals surface area contributed by atoms with E-state index >= 15 is 0 Å². The van der Waals surface area contributed by atoms with E-state index in [2.05, 4.69) is 5.10 Å². The highest BCUT2D eigenvalue weighted by Gasteiger charge is 2.16. The fourth-order valence-electron chi connectivity index (χ4n) is 1.93. The van der Waals surface area contributed by atoms with Crippen LogP contribution in [-0.2, 0) is 6.61 Å². The zero-order valence-corrected chi connectivity index (χ0v) is 11.8. The predicted molar refractivity (Wildman–Crippen MR) is 75.1 cm³/mol. The Hall–Kier alpha value is -2.30. The molecule has 20 heavy (non-hydrogen) atoms. The van der Waals surface area contributed by atoms with E-state index in [0.29, 0.717) is 5.69 Å². The molecule has 106 valence electrons. The van der Waals surface area contributed by atoms with Crippen molar-refractivity contribution in [3.63, 3.8) is 0 Å². The van der Waals surface area contributed by atoms with Crippen molar-refractivity contribution in [3.05, 3.63) is 47.3 Å². The molecule has 5 nitrogen and oxygen atoms in total. The fourth-order valence-corrected chi connectivity index (χ4v) is 1.93. The van der Waals surface area contributed by atoms with Gasteiger partial charge in [-0.15, -0.1) is 0 Å². The second-order valence-corrected chi connectivity index (χ2v) is 4.97. The van der Waals surface area contributed by atoms with Crippen LogP contribution in [0.3, 0.4) is 0 Å². The molecule has 0 fully saturated rings. The van der Waals surface area contributed by atoms with Crippen molar-refractivity contribution < 1.29 is 14.6 Å². The zero-order chi connectivity index (χ0) is 14.7. The first-order chi connectivity index (χ1) is 9.47. The first-order valence-electron chi connectivity index (χ1n) is 6.48.